The first-order chi connectivity index (χ1) is 9.38. The lowest BCUT2D eigenvalue weighted by molar-refractivity contribution is -0.119. The number of carbonyl (C=O) groups excluding carboxylic acids is 1. The van der Waals surface area contributed by atoms with Crippen molar-refractivity contribution in [2.75, 3.05) is 5.32 Å². The second-order valence-corrected chi connectivity index (χ2v) is 5.75. The molecule has 1 heterocycles. The number of hydrogen-bond donors (Lipinski definition) is 2. The highest BCUT2D eigenvalue weighted by atomic mass is 16.2. The van der Waals surface area contributed by atoms with Crippen molar-refractivity contribution in [2.45, 2.75) is 26.8 Å². The summed E-state index contributed by atoms with van der Waals surface area (Å²) in [6.07, 6.45) is 3.20. The molecule has 0 radical (unpaired) electrons. The van der Waals surface area contributed by atoms with Crippen LogP contribution < -0.4 is 11.1 Å². The number of rotatable bonds is 3. The minimum atomic E-state index is -0.568. The predicted octanol–water partition coefficient (Wildman–Crippen LogP) is 1.58. The average molecular weight is 273 g/mol. The smallest absolute Gasteiger partial charge is 0.241 e. The maximum atomic E-state index is 12.1. The fraction of sp³-hybridized carbons (Fsp3) is 0.357. The molecule has 0 spiro atoms. The van der Waals surface area contributed by atoms with Gasteiger partial charge in [-0.25, -0.2) is 0 Å². The topological polar surface area (TPSA) is 85.8 Å². The largest absolute Gasteiger partial charge is 0.325 e. The fourth-order valence-corrected chi connectivity index (χ4v) is 1.69. The summed E-state index contributed by atoms with van der Waals surface area (Å²) in [5.74, 6) is -0.196. The molecule has 0 unspecified atom stereocenters. The maximum absolute atomic E-state index is 12.1. The van der Waals surface area contributed by atoms with Gasteiger partial charge in [-0.1, -0.05) is 26.8 Å². The van der Waals surface area contributed by atoms with E-state index in [4.69, 9.17) is 5.73 Å². The van der Waals surface area contributed by atoms with Crippen molar-refractivity contribution in [2.24, 2.45) is 11.1 Å². The Morgan fingerprint density at radius 2 is 1.95 bits per heavy atom. The van der Waals surface area contributed by atoms with Gasteiger partial charge in [-0.05, 0) is 23.6 Å². The van der Waals surface area contributed by atoms with Gasteiger partial charge in [-0.2, -0.15) is 0 Å². The van der Waals surface area contributed by atoms with Crippen LogP contribution in [-0.4, -0.2) is 26.7 Å². The van der Waals surface area contributed by atoms with Gasteiger partial charge in [0.2, 0.25) is 5.91 Å². The third kappa shape index (κ3) is 3.21. The van der Waals surface area contributed by atoms with E-state index in [-0.39, 0.29) is 11.3 Å². The standard InChI is InChI=1S/C14H19N5O/c1-14(2,3)12(15)13(20)18-10-5-4-6-11(7-10)19-8-16-17-9-19/h4-9,12H,15H2,1-3H3,(H,18,20)/t12-/m0/s1. The van der Waals surface area contributed by atoms with E-state index >= 15 is 0 Å². The second-order valence-electron chi connectivity index (χ2n) is 5.75. The summed E-state index contributed by atoms with van der Waals surface area (Å²) in [5.41, 5.74) is 7.22. The Labute approximate surface area is 118 Å². The van der Waals surface area contributed by atoms with Gasteiger partial charge < -0.3 is 11.1 Å². The number of benzene rings is 1. The molecule has 1 amide bonds. The van der Waals surface area contributed by atoms with Crippen LogP contribution in [0.15, 0.2) is 36.9 Å². The summed E-state index contributed by atoms with van der Waals surface area (Å²) >= 11 is 0. The highest BCUT2D eigenvalue weighted by molar-refractivity contribution is 5.95. The van der Waals surface area contributed by atoms with Gasteiger partial charge in [0.1, 0.15) is 12.7 Å². The Morgan fingerprint density at radius 3 is 2.55 bits per heavy atom. The van der Waals surface area contributed by atoms with Crippen molar-refractivity contribution in [3.8, 4) is 5.69 Å². The first kappa shape index (κ1) is 14.2. The highest BCUT2D eigenvalue weighted by Crippen LogP contribution is 2.20. The molecule has 1 aromatic heterocycles. The molecule has 106 valence electrons. The van der Waals surface area contributed by atoms with Gasteiger partial charge in [0.25, 0.3) is 0 Å². The van der Waals surface area contributed by atoms with E-state index in [2.05, 4.69) is 15.5 Å². The van der Waals surface area contributed by atoms with Gasteiger partial charge in [0, 0.05) is 5.69 Å². The van der Waals surface area contributed by atoms with Gasteiger partial charge in [0.15, 0.2) is 0 Å². The lowest BCUT2D eigenvalue weighted by Gasteiger charge is -2.25. The molecule has 0 aliphatic rings. The molecule has 1 atom stereocenters. The summed E-state index contributed by atoms with van der Waals surface area (Å²) in [7, 11) is 0. The van der Waals surface area contributed by atoms with Crippen molar-refractivity contribution in [3.63, 3.8) is 0 Å². The Hall–Kier alpha value is -2.21. The highest BCUT2D eigenvalue weighted by Gasteiger charge is 2.27. The predicted molar refractivity (Wildman–Crippen MR) is 77.4 cm³/mol. The van der Waals surface area contributed by atoms with E-state index in [1.165, 1.54) is 0 Å². The number of amides is 1. The zero-order valence-corrected chi connectivity index (χ0v) is 11.9. The fourth-order valence-electron chi connectivity index (χ4n) is 1.69. The molecule has 0 aliphatic carbocycles. The number of carbonyl (C=O) groups is 1. The van der Waals surface area contributed by atoms with Gasteiger partial charge in [-0.15, -0.1) is 10.2 Å². The van der Waals surface area contributed by atoms with Gasteiger partial charge >= 0.3 is 0 Å². The monoisotopic (exact) mass is 273 g/mol. The second kappa shape index (κ2) is 5.42. The van der Waals surface area contributed by atoms with Crippen molar-refractivity contribution in [1.82, 2.24) is 14.8 Å². The zero-order valence-electron chi connectivity index (χ0n) is 11.9. The van der Waals surface area contributed by atoms with Crippen molar-refractivity contribution in [1.29, 1.82) is 0 Å². The van der Waals surface area contributed by atoms with Crippen LogP contribution >= 0.6 is 0 Å². The SMILES string of the molecule is CC(C)(C)[C@@H](N)C(=O)Nc1cccc(-n2cnnc2)c1. The summed E-state index contributed by atoms with van der Waals surface area (Å²) in [4.78, 5) is 12.1. The molecule has 1 aromatic carbocycles. The van der Waals surface area contributed by atoms with E-state index in [9.17, 15) is 4.79 Å². The average Bonchev–Trinajstić information content (AvgIpc) is 2.91. The molecule has 0 saturated carbocycles. The van der Waals surface area contributed by atoms with Gasteiger partial charge in [-0.3, -0.25) is 9.36 Å². The molecular weight excluding hydrogens is 254 g/mol. The molecule has 2 rings (SSSR count). The van der Waals surface area contributed by atoms with E-state index in [0.717, 1.165) is 5.69 Å². The number of hydrogen-bond acceptors (Lipinski definition) is 4. The molecule has 0 aliphatic heterocycles. The molecule has 6 heteroatoms. The third-order valence-corrected chi connectivity index (χ3v) is 3.05. The first-order valence-electron chi connectivity index (χ1n) is 6.39. The molecule has 2 aromatic rings. The molecule has 20 heavy (non-hydrogen) atoms. The third-order valence-electron chi connectivity index (χ3n) is 3.05. The van der Waals surface area contributed by atoms with E-state index in [1.54, 1.807) is 17.2 Å². The van der Waals surface area contributed by atoms with Crippen molar-refractivity contribution in [3.05, 3.63) is 36.9 Å². The van der Waals surface area contributed by atoms with E-state index in [0.29, 0.717) is 5.69 Å². The van der Waals surface area contributed by atoms with Gasteiger partial charge in [0.05, 0.1) is 11.7 Å². The minimum Gasteiger partial charge on any atom is -0.325 e. The summed E-state index contributed by atoms with van der Waals surface area (Å²) in [5, 5.41) is 10.3. The van der Waals surface area contributed by atoms with Crippen LogP contribution in [0, 0.1) is 5.41 Å². The van der Waals surface area contributed by atoms with Crippen LogP contribution in [0.1, 0.15) is 20.8 Å². The number of anilines is 1. The molecule has 0 bridgehead atoms. The zero-order chi connectivity index (χ0) is 14.8. The quantitative estimate of drug-likeness (QED) is 0.889. The van der Waals surface area contributed by atoms with Crippen LogP contribution in [0.25, 0.3) is 5.69 Å². The number of nitrogens with one attached hydrogen (secondary N) is 1. The van der Waals surface area contributed by atoms with Crippen LogP contribution in [0.5, 0.6) is 0 Å². The molecular formula is C14H19N5O. The lowest BCUT2D eigenvalue weighted by atomic mass is 9.87. The molecule has 0 fully saturated rings. The Bertz CT molecular complexity index is 586. The molecule has 6 nitrogen and oxygen atoms in total. The number of nitrogens with zero attached hydrogens (tertiary/aromatic N) is 3. The van der Waals surface area contributed by atoms with Crippen LogP contribution in [0.4, 0.5) is 5.69 Å². The van der Waals surface area contributed by atoms with E-state index in [1.807, 2.05) is 45.0 Å². The summed E-state index contributed by atoms with van der Waals surface area (Å²) in [6.45, 7) is 5.81. The Balaban J connectivity index is 2.15. The van der Waals surface area contributed by atoms with E-state index < -0.39 is 6.04 Å². The Morgan fingerprint density at radius 1 is 1.30 bits per heavy atom. The first-order valence-corrected chi connectivity index (χ1v) is 6.39. The normalized spacial score (nSPS) is 13.0. The van der Waals surface area contributed by atoms with Crippen LogP contribution in [0.3, 0.4) is 0 Å². The van der Waals surface area contributed by atoms with Crippen molar-refractivity contribution < 1.29 is 4.79 Å². The summed E-state index contributed by atoms with van der Waals surface area (Å²) in [6, 6.07) is 6.86. The maximum Gasteiger partial charge on any atom is 0.241 e. The van der Waals surface area contributed by atoms with Crippen LogP contribution in [0.2, 0.25) is 0 Å². The number of aromatic nitrogens is 3. The summed E-state index contributed by atoms with van der Waals surface area (Å²) < 4.78 is 1.76. The molecule has 0 saturated heterocycles. The van der Waals surface area contributed by atoms with Crippen LogP contribution in [-0.2, 0) is 4.79 Å². The minimum absolute atomic E-state index is 0.196. The Kier molecular flexibility index (Phi) is 3.85. The molecule has 3 N–H and O–H groups in total. The number of nitrogens with two attached hydrogens (primary N) is 1. The van der Waals surface area contributed by atoms with Crippen molar-refractivity contribution >= 4 is 11.6 Å². The lowest BCUT2D eigenvalue weighted by Crippen LogP contribution is -2.45.